The maximum atomic E-state index is 12.8. The van der Waals surface area contributed by atoms with Gasteiger partial charge in [-0.15, -0.1) is 11.3 Å². The monoisotopic (exact) mass is 370 g/mol. The lowest BCUT2D eigenvalue weighted by Crippen LogP contribution is -2.36. The van der Waals surface area contributed by atoms with Crippen LogP contribution >= 0.6 is 11.3 Å². The number of amides is 1. The van der Waals surface area contributed by atoms with E-state index < -0.39 is 0 Å². The van der Waals surface area contributed by atoms with Gasteiger partial charge in [0.15, 0.2) is 0 Å². The van der Waals surface area contributed by atoms with Crippen molar-refractivity contribution in [3.63, 3.8) is 0 Å². The summed E-state index contributed by atoms with van der Waals surface area (Å²) in [5.41, 5.74) is 2.00. The number of hydrogen-bond acceptors (Lipinski definition) is 5. The Kier molecular flexibility index (Phi) is 5.48. The van der Waals surface area contributed by atoms with Crippen molar-refractivity contribution < 1.29 is 4.79 Å². The molecule has 26 heavy (non-hydrogen) atoms. The number of carbonyl (C=O) groups is 1. The fourth-order valence-corrected chi connectivity index (χ4v) is 4.94. The molecule has 0 aromatic carbocycles. The lowest BCUT2D eigenvalue weighted by atomic mass is 10.0. The number of likely N-dealkylation sites (tertiary alicyclic amines) is 1. The van der Waals surface area contributed by atoms with Gasteiger partial charge in [-0.3, -0.25) is 4.79 Å². The third-order valence-electron chi connectivity index (χ3n) is 5.20. The van der Waals surface area contributed by atoms with Gasteiger partial charge in [0.05, 0.1) is 16.3 Å². The van der Waals surface area contributed by atoms with Crippen molar-refractivity contribution >= 4 is 23.1 Å². The fourth-order valence-electron chi connectivity index (χ4n) is 3.79. The van der Waals surface area contributed by atoms with Crippen molar-refractivity contribution in [3.05, 3.63) is 39.5 Å². The van der Waals surface area contributed by atoms with E-state index in [1.807, 2.05) is 28.4 Å². The molecule has 0 atom stereocenters. The third kappa shape index (κ3) is 3.90. The van der Waals surface area contributed by atoms with E-state index in [9.17, 15) is 4.79 Å². The van der Waals surface area contributed by atoms with E-state index in [0.717, 1.165) is 45.3 Å². The number of nitrogens with one attached hydrogen (secondary N) is 1. The molecule has 1 amide bonds. The van der Waals surface area contributed by atoms with Crippen LogP contribution in [0.3, 0.4) is 0 Å². The molecule has 0 spiro atoms. The molecule has 1 aliphatic heterocycles. The summed E-state index contributed by atoms with van der Waals surface area (Å²) in [7, 11) is 0. The molecule has 5 nitrogen and oxygen atoms in total. The van der Waals surface area contributed by atoms with Gasteiger partial charge >= 0.3 is 0 Å². The Morgan fingerprint density at radius 3 is 2.85 bits per heavy atom. The van der Waals surface area contributed by atoms with Gasteiger partial charge in [0, 0.05) is 37.1 Å². The molecule has 2 aliphatic rings. The second-order valence-corrected chi connectivity index (χ2v) is 8.28. The summed E-state index contributed by atoms with van der Waals surface area (Å²) in [4.78, 5) is 25.5. The smallest absolute Gasteiger partial charge is 0.257 e. The molecule has 0 unspecified atom stereocenters. The summed E-state index contributed by atoms with van der Waals surface area (Å²) in [6.07, 6.45) is 10.9. The number of rotatable bonds is 5. The topological polar surface area (TPSA) is 58.1 Å². The van der Waals surface area contributed by atoms with E-state index >= 15 is 0 Å². The molecule has 2 aromatic rings. The summed E-state index contributed by atoms with van der Waals surface area (Å²) < 4.78 is 0. The second-order valence-electron chi connectivity index (χ2n) is 7.11. The molecule has 0 radical (unpaired) electrons. The van der Waals surface area contributed by atoms with Crippen LogP contribution in [0.15, 0.2) is 18.3 Å². The predicted molar refractivity (Wildman–Crippen MR) is 105 cm³/mol. The molecule has 1 fully saturated rings. The van der Waals surface area contributed by atoms with Crippen molar-refractivity contribution in [2.45, 2.75) is 51.4 Å². The highest BCUT2D eigenvalue weighted by Crippen LogP contribution is 2.27. The SMILES string of the molecule is O=C(c1cccnc1NCCc1nc2c(s1)CCCC2)N1CCCCC1. The molecular formula is C20H26N4OS. The first-order valence-electron chi connectivity index (χ1n) is 9.77. The number of hydrogen-bond donors (Lipinski definition) is 1. The zero-order valence-corrected chi connectivity index (χ0v) is 16.0. The lowest BCUT2D eigenvalue weighted by molar-refractivity contribution is 0.0725. The Morgan fingerprint density at radius 1 is 1.15 bits per heavy atom. The average Bonchev–Trinajstić information content (AvgIpc) is 3.11. The maximum absolute atomic E-state index is 12.8. The van der Waals surface area contributed by atoms with Crippen LogP contribution in [-0.4, -0.2) is 40.4 Å². The van der Waals surface area contributed by atoms with E-state index in [1.165, 1.54) is 41.3 Å². The van der Waals surface area contributed by atoms with Crippen molar-refractivity contribution in [1.29, 1.82) is 0 Å². The van der Waals surface area contributed by atoms with E-state index in [4.69, 9.17) is 4.98 Å². The van der Waals surface area contributed by atoms with Gasteiger partial charge in [-0.1, -0.05) is 0 Å². The maximum Gasteiger partial charge on any atom is 0.257 e. The third-order valence-corrected chi connectivity index (χ3v) is 6.42. The molecule has 4 rings (SSSR count). The number of fused-ring (bicyclic) bond motifs is 1. The quantitative estimate of drug-likeness (QED) is 0.872. The van der Waals surface area contributed by atoms with Gasteiger partial charge in [-0.25, -0.2) is 9.97 Å². The van der Waals surface area contributed by atoms with Crippen LogP contribution in [-0.2, 0) is 19.3 Å². The van der Waals surface area contributed by atoms with Gasteiger partial charge in [-0.2, -0.15) is 0 Å². The minimum absolute atomic E-state index is 0.102. The minimum Gasteiger partial charge on any atom is -0.369 e. The highest BCUT2D eigenvalue weighted by molar-refractivity contribution is 7.11. The molecular weight excluding hydrogens is 344 g/mol. The minimum atomic E-state index is 0.102. The zero-order chi connectivity index (χ0) is 17.8. The van der Waals surface area contributed by atoms with Gasteiger partial charge in [0.25, 0.3) is 5.91 Å². The lowest BCUT2D eigenvalue weighted by Gasteiger charge is -2.27. The van der Waals surface area contributed by atoms with Crippen molar-refractivity contribution in [1.82, 2.24) is 14.9 Å². The van der Waals surface area contributed by atoms with Crippen LogP contribution in [0.25, 0.3) is 0 Å². The average molecular weight is 371 g/mol. The molecule has 6 heteroatoms. The normalized spacial score (nSPS) is 17.0. The molecule has 1 N–H and O–H groups in total. The summed E-state index contributed by atoms with van der Waals surface area (Å²) in [6, 6.07) is 3.73. The summed E-state index contributed by atoms with van der Waals surface area (Å²) >= 11 is 1.86. The van der Waals surface area contributed by atoms with Crippen molar-refractivity contribution in [2.75, 3.05) is 25.0 Å². The van der Waals surface area contributed by atoms with Crippen LogP contribution < -0.4 is 5.32 Å². The zero-order valence-electron chi connectivity index (χ0n) is 15.2. The van der Waals surface area contributed by atoms with Gasteiger partial charge in [0.2, 0.25) is 0 Å². The molecule has 1 aliphatic carbocycles. The summed E-state index contributed by atoms with van der Waals surface area (Å²) in [5, 5.41) is 4.57. The summed E-state index contributed by atoms with van der Waals surface area (Å²) in [5.74, 6) is 0.800. The number of piperidine rings is 1. The molecule has 1 saturated heterocycles. The van der Waals surface area contributed by atoms with Gasteiger partial charge in [0.1, 0.15) is 5.82 Å². The Balaban J connectivity index is 1.39. The Labute approximate surface area is 158 Å². The molecule has 3 heterocycles. The van der Waals surface area contributed by atoms with E-state index in [2.05, 4.69) is 10.3 Å². The predicted octanol–water partition coefficient (Wildman–Crippen LogP) is 3.70. The van der Waals surface area contributed by atoms with E-state index in [0.29, 0.717) is 11.4 Å². The van der Waals surface area contributed by atoms with Crippen LogP contribution in [0, 0.1) is 0 Å². The van der Waals surface area contributed by atoms with Crippen LogP contribution in [0.2, 0.25) is 0 Å². The highest BCUT2D eigenvalue weighted by Gasteiger charge is 2.21. The Morgan fingerprint density at radius 2 is 2.00 bits per heavy atom. The van der Waals surface area contributed by atoms with Crippen LogP contribution in [0.4, 0.5) is 5.82 Å². The summed E-state index contributed by atoms with van der Waals surface area (Å²) in [6.45, 7) is 2.47. The van der Waals surface area contributed by atoms with Gasteiger partial charge < -0.3 is 10.2 Å². The fraction of sp³-hybridized carbons (Fsp3) is 0.550. The molecule has 0 saturated carbocycles. The van der Waals surface area contributed by atoms with Gasteiger partial charge in [-0.05, 0) is 57.1 Å². The number of carbonyl (C=O) groups excluding carboxylic acids is 1. The number of thiazole rings is 1. The number of aromatic nitrogens is 2. The van der Waals surface area contributed by atoms with Crippen molar-refractivity contribution in [3.8, 4) is 0 Å². The van der Waals surface area contributed by atoms with E-state index in [1.54, 1.807) is 6.20 Å². The first-order valence-corrected chi connectivity index (χ1v) is 10.6. The van der Waals surface area contributed by atoms with Crippen LogP contribution in [0.5, 0.6) is 0 Å². The molecule has 2 aromatic heterocycles. The number of nitrogens with zero attached hydrogens (tertiary/aromatic N) is 3. The Bertz CT molecular complexity index is 743. The van der Waals surface area contributed by atoms with E-state index in [-0.39, 0.29) is 5.91 Å². The number of anilines is 1. The largest absolute Gasteiger partial charge is 0.369 e. The molecule has 0 bridgehead atoms. The standard InChI is InChI=1S/C20H26N4OS/c25-20(24-13-4-1-5-14-24)15-7-6-11-21-19(15)22-12-10-18-23-16-8-2-3-9-17(16)26-18/h6-7,11H,1-5,8-10,12-14H2,(H,21,22). The van der Waals surface area contributed by atoms with Crippen molar-refractivity contribution in [2.24, 2.45) is 0 Å². The van der Waals surface area contributed by atoms with Crippen LogP contribution in [0.1, 0.15) is 58.0 Å². The number of aryl methyl sites for hydroxylation is 2. The highest BCUT2D eigenvalue weighted by atomic mass is 32.1. The first-order chi connectivity index (χ1) is 12.8. The second kappa shape index (κ2) is 8.16. The Hall–Kier alpha value is -1.95. The number of pyridine rings is 1. The molecule has 138 valence electrons. The first kappa shape index (κ1) is 17.5.